The summed E-state index contributed by atoms with van der Waals surface area (Å²) in [5.74, 6) is -0.383. The van der Waals surface area contributed by atoms with Crippen molar-refractivity contribution in [3.63, 3.8) is 0 Å². The molecule has 1 aliphatic rings. The van der Waals surface area contributed by atoms with Crippen LogP contribution in [0.15, 0.2) is 48.5 Å². The Hall–Kier alpha value is -2.82. The van der Waals surface area contributed by atoms with Crippen LogP contribution in [0.3, 0.4) is 0 Å². The molecular weight excluding hydrogens is 292 g/mol. The molecule has 5 nitrogen and oxygen atoms in total. The van der Waals surface area contributed by atoms with Crippen molar-refractivity contribution in [3.05, 3.63) is 59.7 Å². The van der Waals surface area contributed by atoms with Gasteiger partial charge in [0.05, 0.1) is 7.11 Å². The maximum atomic E-state index is 12.8. The number of benzene rings is 2. The van der Waals surface area contributed by atoms with E-state index in [4.69, 9.17) is 0 Å². The smallest absolute Gasteiger partial charge is 0.325 e. The number of nitrogens with one attached hydrogen (secondary N) is 1. The van der Waals surface area contributed by atoms with Crippen molar-refractivity contribution in [2.75, 3.05) is 30.4 Å². The minimum absolute atomic E-state index is 0.0309. The summed E-state index contributed by atoms with van der Waals surface area (Å²) in [6.45, 7) is 0.763. The van der Waals surface area contributed by atoms with E-state index in [2.05, 4.69) is 16.1 Å². The zero-order chi connectivity index (χ0) is 16.2. The fourth-order valence-corrected chi connectivity index (χ4v) is 2.71. The van der Waals surface area contributed by atoms with Gasteiger partial charge in [0.25, 0.3) is 5.91 Å². The van der Waals surface area contributed by atoms with Gasteiger partial charge in [-0.2, -0.15) is 0 Å². The van der Waals surface area contributed by atoms with E-state index in [1.807, 2.05) is 24.3 Å². The Balaban J connectivity index is 1.77. The number of nitrogens with zero attached hydrogens (tertiary/aromatic N) is 1. The summed E-state index contributed by atoms with van der Waals surface area (Å²) in [4.78, 5) is 25.8. The van der Waals surface area contributed by atoms with Crippen molar-refractivity contribution in [1.82, 2.24) is 0 Å². The van der Waals surface area contributed by atoms with Gasteiger partial charge in [0, 0.05) is 23.5 Å². The molecule has 0 saturated carbocycles. The lowest BCUT2D eigenvalue weighted by molar-refractivity contribution is -0.138. The first-order valence-corrected chi connectivity index (χ1v) is 7.49. The number of carbonyl (C=O) groups is 2. The number of hydrogen-bond donors (Lipinski definition) is 1. The molecule has 1 amide bonds. The SMILES string of the molecule is COC(=O)CNc1cccc(C(=O)N2CCc3ccccc32)c1. The highest BCUT2D eigenvalue weighted by atomic mass is 16.5. The van der Waals surface area contributed by atoms with Gasteiger partial charge in [-0.15, -0.1) is 0 Å². The number of hydrogen-bond acceptors (Lipinski definition) is 4. The Labute approximate surface area is 134 Å². The minimum atomic E-state index is -0.352. The van der Waals surface area contributed by atoms with Gasteiger partial charge < -0.3 is 15.0 Å². The van der Waals surface area contributed by atoms with Crippen molar-refractivity contribution >= 4 is 23.3 Å². The van der Waals surface area contributed by atoms with Gasteiger partial charge >= 0.3 is 5.97 Å². The fourth-order valence-electron chi connectivity index (χ4n) is 2.71. The maximum absolute atomic E-state index is 12.8. The van der Waals surface area contributed by atoms with Crippen LogP contribution in [0.25, 0.3) is 0 Å². The third-order valence-corrected chi connectivity index (χ3v) is 3.91. The maximum Gasteiger partial charge on any atom is 0.325 e. The summed E-state index contributed by atoms with van der Waals surface area (Å²) in [6.07, 6.45) is 0.877. The number of esters is 1. The standard InChI is InChI=1S/C18H18N2O3/c1-23-17(21)12-19-15-7-4-6-14(11-15)18(22)20-10-9-13-5-2-3-8-16(13)20/h2-8,11,19H,9-10,12H2,1H3. The summed E-state index contributed by atoms with van der Waals surface area (Å²) in [7, 11) is 1.34. The van der Waals surface area contributed by atoms with E-state index in [1.165, 1.54) is 12.7 Å². The third kappa shape index (κ3) is 3.18. The van der Waals surface area contributed by atoms with Gasteiger partial charge in [-0.05, 0) is 36.2 Å². The number of ether oxygens (including phenoxy) is 1. The largest absolute Gasteiger partial charge is 0.468 e. The second-order valence-electron chi connectivity index (χ2n) is 5.35. The molecule has 0 radical (unpaired) electrons. The average Bonchev–Trinajstić information content (AvgIpc) is 3.03. The predicted molar refractivity (Wildman–Crippen MR) is 88.8 cm³/mol. The zero-order valence-corrected chi connectivity index (χ0v) is 12.9. The molecule has 0 bridgehead atoms. The first-order valence-electron chi connectivity index (χ1n) is 7.49. The summed E-state index contributed by atoms with van der Waals surface area (Å²) in [5.41, 5.74) is 3.48. The molecule has 3 rings (SSSR count). The molecule has 23 heavy (non-hydrogen) atoms. The molecule has 0 fully saturated rings. The molecule has 118 valence electrons. The molecule has 0 unspecified atom stereocenters. The summed E-state index contributed by atoms with van der Waals surface area (Å²) >= 11 is 0. The highest BCUT2D eigenvalue weighted by Crippen LogP contribution is 2.29. The topological polar surface area (TPSA) is 58.6 Å². The van der Waals surface area contributed by atoms with Crippen molar-refractivity contribution in [2.24, 2.45) is 0 Å². The molecule has 2 aromatic carbocycles. The van der Waals surface area contributed by atoms with Gasteiger partial charge in [-0.25, -0.2) is 0 Å². The number of carbonyl (C=O) groups excluding carboxylic acids is 2. The molecule has 0 spiro atoms. The molecule has 0 atom stereocenters. The normalized spacial score (nSPS) is 12.7. The summed E-state index contributed by atoms with van der Waals surface area (Å²) in [6, 6.07) is 15.1. The highest BCUT2D eigenvalue weighted by molar-refractivity contribution is 6.07. The molecule has 5 heteroatoms. The van der Waals surface area contributed by atoms with E-state index in [1.54, 1.807) is 23.1 Å². The van der Waals surface area contributed by atoms with E-state index < -0.39 is 0 Å². The van der Waals surface area contributed by atoms with Crippen LogP contribution >= 0.6 is 0 Å². The molecule has 0 saturated heterocycles. The lowest BCUT2D eigenvalue weighted by Gasteiger charge is -2.18. The van der Waals surface area contributed by atoms with Crippen LogP contribution in [-0.4, -0.2) is 32.1 Å². The fraction of sp³-hybridized carbons (Fsp3) is 0.222. The van der Waals surface area contributed by atoms with E-state index in [0.29, 0.717) is 17.8 Å². The molecular formula is C18H18N2O3. The molecule has 1 N–H and O–H groups in total. The first kappa shape index (κ1) is 15.1. The van der Waals surface area contributed by atoms with Crippen molar-refractivity contribution in [1.29, 1.82) is 0 Å². The number of anilines is 2. The van der Waals surface area contributed by atoms with Gasteiger partial charge in [0.15, 0.2) is 0 Å². The van der Waals surface area contributed by atoms with Crippen LogP contribution in [0.2, 0.25) is 0 Å². The van der Waals surface area contributed by atoms with Crippen LogP contribution in [0.4, 0.5) is 11.4 Å². The van der Waals surface area contributed by atoms with E-state index >= 15 is 0 Å². The molecule has 2 aromatic rings. The lowest BCUT2D eigenvalue weighted by atomic mass is 10.1. The van der Waals surface area contributed by atoms with Crippen LogP contribution in [0, 0.1) is 0 Å². The predicted octanol–water partition coefficient (Wildman–Crippen LogP) is 2.47. The Kier molecular flexibility index (Phi) is 4.28. The highest BCUT2D eigenvalue weighted by Gasteiger charge is 2.25. The van der Waals surface area contributed by atoms with Gasteiger partial charge in [0.2, 0.25) is 0 Å². The molecule has 1 aliphatic heterocycles. The second-order valence-corrected chi connectivity index (χ2v) is 5.35. The Bertz CT molecular complexity index is 743. The number of fused-ring (bicyclic) bond motifs is 1. The van der Waals surface area contributed by atoms with Crippen LogP contribution in [-0.2, 0) is 16.0 Å². The summed E-state index contributed by atoms with van der Waals surface area (Å²) < 4.78 is 4.59. The van der Waals surface area contributed by atoms with Crippen molar-refractivity contribution in [3.8, 4) is 0 Å². The third-order valence-electron chi connectivity index (χ3n) is 3.91. The lowest BCUT2D eigenvalue weighted by Crippen LogP contribution is -2.28. The number of rotatable bonds is 4. The van der Waals surface area contributed by atoms with E-state index in [-0.39, 0.29) is 18.4 Å². The Morgan fingerprint density at radius 1 is 1.17 bits per heavy atom. The van der Waals surface area contributed by atoms with Gasteiger partial charge in [-0.1, -0.05) is 24.3 Å². The quantitative estimate of drug-likeness (QED) is 0.881. The monoisotopic (exact) mass is 310 g/mol. The van der Waals surface area contributed by atoms with Crippen LogP contribution in [0.1, 0.15) is 15.9 Å². The number of para-hydroxylation sites is 1. The molecule has 0 aliphatic carbocycles. The van der Waals surface area contributed by atoms with Crippen molar-refractivity contribution < 1.29 is 14.3 Å². The second kappa shape index (κ2) is 6.52. The average molecular weight is 310 g/mol. The van der Waals surface area contributed by atoms with Crippen LogP contribution in [0.5, 0.6) is 0 Å². The Morgan fingerprint density at radius 2 is 2.00 bits per heavy atom. The Morgan fingerprint density at radius 3 is 2.83 bits per heavy atom. The number of amides is 1. The van der Waals surface area contributed by atoms with Crippen molar-refractivity contribution in [2.45, 2.75) is 6.42 Å². The first-order chi connectivity index (χ1) is 11.2. The van der Waals surface area contributed by atoms with Gasteiger partial charge in [0.1, 0.15) is 6.54 Å². The van der Waals surface area contributed by atoms with E-state index in [9.17, 15) is 9.59 Å². The zero-order valence-electron chi connectivity index (χ0n) is 12.9. The molecule has 1 heterocycles. The van der Waals surface area contributed by atoms with Gasteiger partial charge in [-0.3, -0.25) is 9.59 Å². The van der Waals surface area contributed by atoms with E-state index in [0.717, 1.165) is 12.1 Å². The minimum Gasteiger partial charge on any atom is -0.468 e. The van der Waals surface area contributed by atoms with Crippen LogP contribution < -0.4 is 10.2 Å². The number of methoxy groups -OCH3 is 1. The summed E-state index contributed by atoms with van der Waals surface area (Å²) in [5, 5.41) is 2.96. The molecule has 0 aromatic heterocycles.